The van der Waals surface area contributed by atoms with Crippen LogP contribution in [0, 0.1) is 35.5 Å². The minimum absolute atomic E-state index is 0.189. The zero-order chi connectivity index (χ0) is 28.1. The second kappa shape index (κ2) is 9.18. The molecule has 4 nitrogen and oxygen atoms in total. The molecule has 0 spiro atoms. The highest BCUT2D eigenvalue weighted by Gasteiger charge is 2.55. The van der Waals surface area contributed by atoms with Gasteiger partial charge in [-0.2, -0.15) is 0 Å². The molecule has 11 rings (SSSR count). The molecule has 8 bridgehead atoms. The highest BCUT2D eigenvalue weighted by Crippen LogP contribution is 2.66. The molecule has 0 atom stereocenters. The predicted octanol–water partition coefficient (Wildman–Crippen LogP) is 9.37. The van der Waals surface area contributed by atoms with Crippen molar-refractivity contribution in [3.05, 3.63) is 71.8 Å². The van der Waals surface area contributed by atoms with Crippen LogP contribution in [0.5, 0.6) is 23.0 Å². The number of nitrogen functional groups attached to an aromatic ring is 2. The lowest BCUT2D eigenvalue weighted by Gasteiger charge is -2.58. The molecule has 0 aromatic heterocycles. The van der Waals surface area contributed by atoms with Gasteiger partial charge < -0.3 is 20.9 Å². The molecule has 218 valence electrons. The van der Waals surface area contributed by atoms with Gasteiger partial charge in [0.05, 0.1) is 11.4 Å². The summed E-state index contributed by atoms with van der Waals surface area (Å²) in [6, 6.07) is 20.7. The quantitative estimate of drug-likeness (QED) is 0.295. The molecule has 0 saturated heterocycles. The average molecular weight is 561 g/mol. The zero-order valence-electron chi connectivity index (χ0n) is 24.7. The van der Waals surface area contributed by atoms with Gasteiger partial charge in [0.15, 0.2) is 0 Å². The van der Waals surface area contributed by atoms with Gasteiger partial charge in [0.25, 0.3) is 0 Å². The molecule has 8 fully saturated rings. The summed E-state index contributed by atoms with van der Waals surface area (Å²) in [6.45, 7) is 0. The monoisotopic (exact) mass is 560 g/mol. The Labute approximate surface area is 250 Å². The second-order valence-corrected chi connectivity index (χ2v) is 15.5. The molecule has 4 N–H and O–H groups in total. The Balaban J connectivity index is 1.25. The summed E-state index contributed by atoms with van der Waals surface area (Å²) in [5.74, 6) is 8.47. The summed E-state index contributed by atoms with van der Waals surface area (Å²) in [4.78, 5) is 0. The van der Waals surface area contributed by atoms with Crippen LogP contribution < -0.4 is 20.9 Å². The lowest BCUT2D eigenvalue weighted by atomic mass is 9.46. The summed E-state index contributed by atoms with van der Waals surface area (Å²) >= 11 is 0. The fraction of sp³-hybridized carbons (Fsp3) is 0.526. The fourth-order valence-corrected chi connectivity index (χ4v) is 11.8. The van der Waals surface area contributed by atoms with E-state index in [-0.39, 0.29) is 10.8 Å². The number of para-hydroxylation sites is 4. The molecule has 3 aromatic carbocycles. The molecule has 3 aromatic rings. The van der Waals surface area contributed by atoms with Gasteiger partial charge in [0.1, 0.15) is 23.0 Å². The van der Waals surface area contributed by atoms with E-state index in [4.69, 9.17) is 20.9 Å². The lowest BCUT2D eigenvalue weighted by Crippen LogP contribution is -2.50. The van der Waals surface area contributed by atoms with Gasteiger partial charge >= 0.3 is 0 Å². The first kappa shape index (κ1) is 25.4. The van der Waals surface area contributed by atoms with Crippen molar-refractivity contribution < 1.29 is 9.47 Å². The summed E-state index contributed by atoms with van der Waals surface area (Å²) in [5.41, 5.74) is 17.5. The number of ether oxygens (including phenoxy) is 2. The zero-order valence-corrected chi connectivity index (χ0v) is 24.7. The first-order valence-corrected chi connectivity index (χ1v) is 16.7. The molecule has 0 radical (unpaired) electrons. The Morgan fingerprint density at radius 1 is 0.452 bits per heavy atom. The Bertz CT molecular complexity index is 1360. The van der Waals surface area contributed by atoms with Crippen molar-refractivity contribution in [1.82, 2.24) is 0 Å². The Morgan fingerprint density at radius 2 is 0.786 bits per heavy atom. The molecular formula is C38H44N2O2. The van der Waals surface area contributed by atoms with Crippen LogP contribution in [-0.4, -0.2) is 0 Å². The van der Waals surface area contributed by atoms with Crippen molar-refractivity contribution in [2.45, 2.75) is 87.9 Å². The molecule has 0 unspecified atom stereocenters. The van der Waals surface area contributed by atoms with E-state index >= 15 is 0 Å². The standard InChI is InChI=1S/C38H44N2O2/c39-31-5-1-3-7-33(31)41-35-16-36(42-34-8-4-2-6-32(34)40)30(38-20-26-12-27(21-38)14-28(13-26)22-38)15-29(35)37-17-23-9-24(18-37)11-25(10-23)19-37/h1-8,15-16,23-28H,9-14,17-22,39-40H2. The van der Waals surface area contributed by atoms with Crippen LogP contribution in [0.2, 0.25) is 0 Å². The van der Waals surface area contributed by atoms with Gasteiger partial charge in [-0.3, -0.25) is 0 Å². The smallest absolute Gasteiger partial charge is 0.150 e. The summed E-state index contributed by atoms with van der Waals surface area (Å²) in [6.07, 6.45) is 16.4. The van der Waals surface area contributed by atoms with E-state index < -0.39 is 0 Å². The number of rotatable bonds is 6. The number of hydrogen-bond donors (Lipinski definition) is 2. The van der Waals surface area contributed by atoms with Crippen molar-refractivity contribution in [2.75, 3.05) is 11.5 Å². The molecule has 0 heterocycles. The summed E-state index contributed by atoms with van der Waals surface area (Å²) < 4.78 is 13.8. The van der Waals surface area contributed by atoms with Gasteiger partial charge in [0, 0.05) is 17.2 Å². The van der Waals surface area contributed by atoms with Crippen LogP contribution >= 0.6 is 0 Å². The SMILES string of the molecule is Nc1ccccc1Oc1cc(Oc2ccccc2N)c(C23CC4CC(CC(C4)C2)C3)cc1C12CC3CC(CC(C3)C1)C2. The van der Waals surface area contributed by atoms with E-state index in [0.29, 0.717) is 11.4 Å². The van der Waals surface area contributed by atoms with Crippen molar-refractivity contribution in [3.8, 4) is 23.0 Å². The molecule has 8 saturated carbocycles. The van der Waals surface area contributed by atoms with Gasteiger partial charge in [-0.15, -0.1) is 0 Å². The van der Waals surface area contributed by atoms with Crippen LogP contribution in [0.3, 0.4) is 0 Å². The third kappa shape index (κ3) is 4.00. The molecule has 4 heteroatoms. The topological polar surface area (TPSA) is 70.5 Å². The van der Waals surface area contributed by atoms with Crippen LogP contribution in [-0.2, 0) is 10.8 Å². The van der Waals surface area contributed by atoms with Crippen molar-refractivity contribution in [3.63, 3.8) is 0 Å². The van der Waals surface area contributed by atoms with Crippen LogP contribution in [0.15, 0.2) is 60.7 Å². The van der Waals surface area contributed by atoms with E-state index in [9.17, 15) is 0 Å². The maximum atomic E-state index is 6.88. The maximum absolute atomic E-state index is 6.88. The largest absolute Gasteiger partial charge is 0.455 e. The Hall–Kier alpha value is -3.14. The highest BCUT2D eigenvalue weighted by atomic mass is 16.5. The van der Waals surface area contributed by atoms with Crippen molar-refractivity contribution in [2.24, 2.45) is 35.5 Å². The van der Waals surface area contributed by atoms with Gasteiger partial charge in [-0.1, -0.05) is 24.3 Å². The predicted molar refractivity (Wildman–Crippen MR) is 168 cm³/mol. The van der Waals surface area contributed by atoms with Crippen molar-refractivity contribution in [1.29, 1.82) is 0 Å². The third-order valence-electron chi connectivity index (χ3n) is 12.6. The summed E-state index contributed by atoms with van der Waals surface area (Å²) in [5, 5.41) is 0. The second-order valence-electron chi connectivity index (χ2n) is 15.5. The van der Waals surface area contributed by atoms with E-state index in [2.05, 4.69) is 12.1 Å². The fourth-order valence-electron chi connectivity index (χ4n) is 11.8. The number of anilines is 2. The number of nitrogens with two attached hydrogens (primary N) is 2. The lowest BCUT2D eigenvalue weighted by molar-refractivity contribution is -0.00937. The normalized spacial score (nSPS) is 37.2. The van der Waals surface area contributed by atoms with Gasteiger partial charge in [-0.25, -0.2) is 0 Å². The Kier molecular flexibility index (Phi) is 5.54. The van der Waals surface area contributed by atoms with E-state index in [1.165, 1.54) is 88.2 Å². The molecule has 0 amide bonds. The van der Waals surface area contributed by atoms with Crippen LogP contribution in [0.4, 0.5) is 11.4 Å². The maximum Gasteiger partial charge on any atom is 0.150 e. The van der Waals surface area contributed by atoms with Crippen LogP contribution in [0.25, 0.3) is 0 Å². The van der Waals surface area contributed by atoms with Crippen LogP contribution in [0.1, 0.15) is 88.2 Å². The van der Waals surface area contributed by atoms with Crippen molar-refractivity contribution >= 4 is 11.4 Å². The molecule has 0 aliphatic heterocycles. The summed E-state index contributed by atoms with van der Waals surface area (Å²) in [7, 11) is 0. The van der Waals surface area contributed by atoms with E-state index in [1.54, 1.807) is 0 Å². The molecule has 8 aliphatic carbocycles. The minimum Gasteiger partial charge on any atom is -0.455 e. The highest BCUT2D eigenvalue weighted by molar-refractivity contribution is 5.61. The Morgan fingerprint density at radius 3 is 1.12 bits per heavy atom. The van der Waals surface area contributed by atoms with Gasteiger partial charge in [-0.05, 0) is 154 Å². The number of hydrogen-bond acceptors (Lipinski definition) is 4. The van der Waals surface area contributed by atoms with Gasteiger partial charge in [0.2, 0.25) is 0 Å². The van der Waals surface area contributed by atoms with E-state index in [0.717, 1.165) is 58.5 Å². The first-order valence-electron chi connectivity index (χ1n) is 16.7. The van der Waals surface area contributed by atoms with E-state index in [1.807, 2.05) is 48.5 Å². The average Bonchev–Trinajstić information content (AvgIpc) is 2.94. The molecule has 8 aliphatic rings. The molecule has 42 heavy (non-hydrogen) atoms. The molecular weight excluding hydrogens is 516 g/mol. The minimum atomic E-state index is 0.189. The third-order valence-corrected chi connectivity index (χ3v) is 12.6. The number of benzene rings is 3. The first-order chi connectivity index (χ1) is 20.4.